The molecule has 1 unspecified atom stereocenters. The zero-order chi connectivity index (χ0) is 19.7. The average Bonchev–Trinajstić information content (AvgIpc) is 3.31. The molecular weight excluding hydrogens is 441 g/mol. The molecule has 0 saturated heterocycles. The molecule has 0 saturated carbocycles. The smallest absolute Gasteiger partial charge is 0.319 e. The second-order valence-electron chi connectivity index (χ2n) is 6.96. The van der Waals surface area contributed by atoms with Gasteiger partial charge in [-0.1, -0.05) is 15.9 Å². The molecule has 1 aliphatic carbocycles. The van der Waals surface area contributed by atoms with Crippen LogP contribution < -0.4 is 10.6 Å². The summed E-state index contributed by atoms with van der Waals surface area (Å²) in [5.41, 5.74) is 2.69. The third-order valence-corrected chi connectivity index (χ3v) is 6.81. The van der Waals surface area contributed by atoms with E-state index >= 15 is 0 Å². The molecule has 1 aromatic carbocycles. The summed E-state index contributed by atoms with van der Waals surface area (Å²) >= 11 is 5.03. The number of carbonyl (C=O) groups excluding carboxylic acids is 1. The minimum absolute atomic E-state index is 0.158. The van der Waals surface area contributed by atoms with E-state index in [1.807, 2.05) is 42.8 Å². The Hall–Kier alpha value is -2.12. The predicted octanol–water partition coefficient (Wildman–Crippen LogP) is 6.20. The fourth-order valence-electron chi connectivity index (χ4n) is 3.70. The molecular formula is C21H21BrFN3OS. The van der Waals surface area contributed by atoms with Crippen molar-refractivity contribution < 1.29 is 9.18 Å². The third kappa shape index (κ3) is 3.86. The van der Waals surface area contributed by atoms with Crippen molar-refractivity contribution in [2.75, 3.05) is 5.32 Å². The molecule has 28 heavy (non-hydrogen) atoms. The molecule has 2 aromatic heterocycles. The second-order valence-corrected chi connectivity index (χ2v) is 8.96. The lowest BCUT2D eigenvalue weighted by molar-refractivity contribution is 0.249. The Morgan fingerprint density at radius 1 is 1.25 bits per heavy atom. The van der Waals surface area contributed by atoms with Gasteiger partial charge in [0.15, 0.2) is 0 Å². The van der Waals surface area contributed by atoms with Crippen molar-refractivity contribution in [1.29, 1.82) is 0 Å². The molecule has 2 heterocycles. The van der Waals surface area contributed by atoms with Crippen LogP contribution in [0.15, 0.2) is 47.2 Å². The van der Waals surface area contributed by atoms with Gasteiger partial charge in [-0.3, -0.25) is 0 Å². The molecule has 1 atom stereocenters. The van der Waals surface area contributed by atoms with E-state index in [0.29, 0.717) is 4.47 Å². The van der Waals surface area contributed by atoms with Gasteiger partial charge in [0.05, 0.1) is 11.7 Å². The van der Waals surface area contributed by atoms with Crippen LogP contribution in [-0.2, 0) is 12.8 Å². The summed E-state index contributed by atoms with van der Waals surface area (Å²) in [6.45, 7) is 1.99. The van der Waals surface area contributed by atoms with Crippen LogP contribution in [0.5, 0.6) is 0 Å². The van der Waals surface area contributed by atoms with E-state index in [0.717, 1.165) is 17.8 Å². The van der Waals surface area contributed by atoms with Crippen LogP contribution in [0, 0.1) is 5.82 Å². The number of nitrogens with one attached hydrogen (secondary N) is 2. The quantitative estimate of drug-likeness (QED) is 0.477. The first-order chi connectivity index (χ1) is 13.5. The lowest BCUT2D eigenvalue weighted by atomic mass is 9.93. The van der Waals surface area contributed by atoms with Gasteiger partial charge in [-0.2, -0.15) is 0 Å². The van der Waals surface area contributed by atoms with Crippen molar-refractivity contribution in [3.63, 3.8) is 0 Å². The molecule has 0 bridgehead atoms. The summed E-state index contributed by atoms with van der Waals surface area (Å²) in [5.74, 6) is -0.474. The molecule has 2 amide bonds. The van der Waals surface area contributed by atoms with Crippen molar-refractivity contribution in [3.8, 4) is 5.00 Å². The van der Waals surface area contributed by atoms with Crippen LogP contribution in [0.1, 0.15) is 41.8 Å². The number of urea groups is 1. The fraction of sp³-hybridized carbons (Fsp3) is 0.286. The molecule has 0 fully saturated rings. The highest BCUT2D eigenvalue weighted by molar-refractivity contribution is 9.10. The summed E-state index contributed by atoms with van der Waals surface area (Å²) < 4.78 is 16.8. The van der Waals surface area contributed by atoms with Gasteiger partial charge in [-0.15, -0.1) is 11.3 Å². The van der Waals surface area contributed by atoms with Gasteiger partial charge in [-0.05, 0) is 68.5 Å². The van der Waals surface area contributed by atoms with E-state index in [-0.39, 0.29) is 11.7 Å². The Bertz CT molecular complexity index is 1000. The molecule has 0 radical (unpaired) electrons. The maximum absolute atomic E-state index is 14.0. The number of hydrogen-bond donors (Lipinski definition) is 2. The Morgan fingerprint density at radius 2 is 2.00 bits per heavy atom. The number of aromatic nitrogens is 1. The maximum atomic E-state index is 14.0. The Kier molecular flexibility index (Phi) is 5.55. The first-order valence-corrected chi connectivity index (χ1v) is 10.9. The number of halogens is 2. The van der Waals surface area contributed by atoms with Crippen LogP contribution in [-0.4, -0.2) is 10.6 Å². The van der Waals surface area contributed by atoms with Crippen LogP contribution >= 0.6 is 27.3 Å². The molecule has 0 spiro atoms. The summed E-state index contributed by atoms with van der Waals surface area (Å²) in [5, 5.41) is 6.76. The normalized spacial score (nSPS) is 14.4. The number of nitrogens with zero attached hydrogens (tertiary/aromatic N) is 1. The van der Waals surface area contributed by atoms with Crippen LogP contribution in [0.3, 0.4) is 0 Å². The summed E-state index contributed by atoms with van der Waals surface area (Å²) in [6.07, 6.45) is 8.58. The number of benzene rings is 1. The van der Waals surface area contributed by atoms with Gasteiger partial charge in [0.25, 0.3) is 0 Å². The van der Waals surface area contributed by atoms with E-state index in [1.165, 1.54) is 34.9 Å². The Labute approximate surface area is 175 Å². The van der Waals surface area contributed by atoms with E-state index in [1.54, 1.807) is 12.1 Å². The van der Waals surface area contributed by atoms with E-state index in [9.17, 15) is 9.18 Å². The lowest BCUT2D eigenvalue weighted by Gasteiger charge is -2.20. The highest BCUT2D eigenvalue weighted by Gasteiger charge is 2.26. The minimum Gasteiger partial charge on any atom is -0.331 e. The number of rotatable bonds is 4. The molecule has 146 valence electrons. The van der Waals surface area contributed by atoms with E-state index in [2.05, 4.69) is 31.1 Å². The maximum Gasteiger partial charge on any atom is 0.319 e. The van der Waals surface area contributed by atoms with Crippen molar-refractivity contribution >= 4 is 39.0 Å². The van der Waals surface area contributed by atoms with Crippen LogP contribution in [0.25, 0.3) is 5.00 Å². The number of carbonyl (C=O) groups is 1. The summed E-state index contributed by atoms with van der Waals surface area (Å²) in [4.78, 5) is 13.9. The van der Waals surface area contributed by atoms with Gasteiger partial charge < -0.3 is 15.2 Å². The molecule has 1 aliphatic rings. The van der Waals surface area contributed by atoms with E-state index in [4.69, 9.17) is 0 Å². The summed E-state index contributed by atoms with van der Waals surface area (Å²) in [6, 6.07) is 7.98. The topological polar surface area (TPSA) is 46.1 Å². The number of amides is 2. The lowest BCUT2D eigenvalue weighted by Crippen LogP contribution is -2.32. The summed E-state index contributed by atoms with van der Waals surface area (Å²) in [7, 11) is 0. The van der Waals surface area contributed by atoms with Gasteiger partial charge in [0, 0.05) is 27.3 Å². The molecule has 4 nitrogen and oxygen atoms in total. The predicted molar refractivity (Wildman–Crippen MR) is 115 cm³/mol. The van der Waals surface area contributed by atoms with Gasteiger partial charge in [0.1, 0.15) is 10.8 Å². The zero-order valence-corrected chi connectivity index (χ0v) is 17.9. The van der Waals surface area contributed by atoms with Gasteiger partial charge in [0.2, 0.25) is 0 Å². The average molecular weight is 462 g/mol. The third-order valence-electron chi connectivity index (χ3n) is 4.99. The first kappa shape index (κ1) is 19.2. The minimum atomic E-state index is -0.474. The molecule has 0 aliphatic heterocycles. The molecule has 3 aromatic rings. The van der Waals surface area contributed by atoms with Gasteiger partial charge in [-0.25, -0.2) is 9.18 Å². The van der Waals surface area contributed by atoms with Crippen molar-refractivity contribution in [1.82, 2.24) is 9.88 Å². The number of anilines is 1. The number of thiophene rings is 1. The largest absolute Gasteiger partial charge is 0.331 e. The van der Waals surface area contributed by atoms with Crippen molar-refractivity contribution in [3.05, 3.63) is 69.0 Å². The van der Waals surface area contributed by atoms with Crippen molar-refractivity contribution in [2.24, 2.45) is 0 Å². The van der Waals surface area contributed by atoms with Crippen molar-refractivity contribution in [2.45, 2.75) is 38.6 Å². The molecule has 2 N–H and O–H groups in total. The van der Waals surface area contributed by atoms with E-state index < -0.39 is 11.8 Å². The number of fused-ring (bicyclic) bond motifs is 1. The Morgan fingerprint density at radius 3 is 2.75 bits per heavy atom. The highest BCUT2D eigenvalue weighted by Crippen LogP contribution is 2.40. The number of hydrogen-bond acceptors (Lipinski definition) is 2. The monoisotopic (exact) mass is 461 g/mol. The highest BCUT2D eigenvalue weighted by atomic mass is 79.9. The standard InChI is InChI=1S/C21H21BrFN3OS/c1-13(24-21(27)25-17-9-8-14(22)12-16(17)23)19-15-6-2-3-7-18(15)28-20(19)26-10-4-5-11-26/h4-5,8-13H,2-3,6-7H2,1H3,(H2,24,25,27). The molecule has 4 rings (SSSR count). The zero-order valence-electron chi connectivity index (χ0n) is 15.5. The van der Waals surface area contributed by atoms with Crippen LogP contribution in [0.2, 0.25) is 0 Å². The van der Waals surface area contributed by atoms with Crippen LogP contribution in [0.4, 0.5) is 14.9 Å². The number of aryl methyl sites for hydroxylation is 1. The molecule has 7 heteroatoms. The van der Waals surface area contributed by atoms with Gasteiger partial charge >= 0.3 is 6.03 Å². The second kappa shape index (κ2) is 8.09. The fourth-order valence-corrected chi connectivity index (χ4v) is 5.49. The SMILES string of the molecule is CC(NC(=O)Nc1ccc(Br)cc1F)c1c(-n2cccc2)sc2c1CCCC2. The first-order valence-electron chi connectivity index (χ1n) is 9.33. The Balaban J connectivity index is 1.58.